The van der Waals surface area contributed by atoms with Gasteiger partial charge in [0.05, 0.1) is 17.6 Å². The maximum Gasteiger partial charge on any atom is 0.127 e. The van der Waals surface area contributed by atoms with Crippen molar-refractivity contribution in [1.29, 1.82) is 0 Å². The minimum atomic E-state index is -0.809. The summed E-state index contributed by atoms with van der Waals surface area (Å²) in [7, 11) is 0. The SMILES string of the molecule is Cc1ccccc1-c1c(OCC(C)O)cccc1C1(c2cccc(OCC(C)O)c2-c2ccccc2C)c2ccccc2-c2ccccc21. The van der Waals surface area contributed by atoms with E-state index < -0.39 is 17.6 Å². The molecule has 2 unspecified atom stereocenters. The van der Waals surface area contributed by atoms with Gasteiger partial charge in [0.2, 0.25) is 0 Å². The van der Waals surface area contributed by atoms with Crippen LogP contribution in [0.25, 0.3) is 33.4 Å². The van der Waals surface area contributed by atoms with Crippen LogP contribution >= 0.6 is 0 Å². The first kappa shape index (κ1) is 32.4. The van der Waals surface area contributed by atoms with Crippen molar-refractivity contribution in [2.24, 2.45) is 0 Å². The zero-order valence-corrected chi connectivity index (χ0v) is 28.5. The Morgan fingerprint density at radius 1 is 0.449 bits per heavy atom. The molecular weight excluding hydrogens is 604 g/mol. The van der Waals surface area contributed by atoms with Gasteiger partial charge < -0.3 is 19.7 Å². The predicted octanol–water partition coefficient (Wildman–Crippen LogP) is 9.52. The smallest absolute Gasteiger partial charge is 0.127 e. The quantitative estimate of drug-likeness (QED) is 0.155. The fourth-order valence-electron chi connectivity index (χ4n) is 7.57. The zero-order valence-electron chi connectivity index (χ0n) is 28.5. The molecule has 0 fully saturated rings. The second kappa shape index (κ2) is 13.4. The summed E-state index contributed by atoms with van der Waals surface area (Å²) in [4.78, 5) is 0. The number of aryl methyl sites for hydroxylation is 2. The Morgan fingerprint density at radius 2 is 0.796 bits per heavy atom. The van der Waals surface area contributed by atoms with Gasteiger partial charge in [-0.05, 0) is 95.5 Å². The molecule has 0 aliphatic heterocycles. The number of aliphatic hydroxyl groups is 2. The molecule has 0 heterocycles. The molecule has 6 aromatic carbocycles. The number of ether oxygens (including phenoxy) is 2. The lowest BCUT2D eigenvalue weighted by Crippen LogP contribution is -2.31. The highest BCUT2D eigenvalue weighted by molar-refractivity contribution is 5.93. The van der Waals surface area contributed by atoms with E-state index in [2.05, 4.69) is 135 Å². The van der Waals surface area contributed by atoms with E-state index in [0.29, 0.717) is 11.5 Å². The highest BCUT2D eigenvalue weighted by atomic mass is 16.5. The van der Waals surface area contributed by atoms with E-state index in [0.717, 1.165) is 44.5 Å². The van der Waals surface area contributed by atoms with Gasteiger partial charge in [-0.15, -0.1) is 0 Å². The average Bonchev–Trinajstić information content (AvgIpc) is 3.41. The molecule has 0 saturated carbocycles. The molecule has 0 bridgehead atoms. The maximum atomic E-state index is 10.4. The highest BCUT2D eigenvalue weighted by Crippen LogP contribution is 2.61. The summed E-state index contributed by atoms with van der Waals surface area (Å²) in [6.45, 7) is 8.10. The molecule has 2 N–H and O–H groups in total. The third-order valence-electron chi connectivity index (χ3n) is 9.60. The number of rotatable bonds is 10. The van der Waals surface area contributed by atoms with Crippen LogP contribution in [0.5, 0.6) is 11.5 Å². The van der Waals surface area contributed by atoms with Gasteiger partial charge in [0, 0.05) is 11.1 Å². The Hall–Kier alpha value is -5.16. The van der Waals surface area contributed by atoms with E-state index in [4.69, 9.17) is 9.47 Å². The third kappa shape index (κ3) is 5.61. The lowest BCUT2D eigenvalue weighted by atomic mass is 9.63. The summed E-state index contributed by atoms with van der Waals surface area (Å²) in [5.74, 6) is 1.43. The van der Waals surface area contributed by atoms with E-state index in [1.54, 1.807) is 13.8 Å². The Balaban J connectivity index is 1.69. The minimum absolute atomic E-state index is 0.166. The number of hydrogen-bond acceptors (Lipinski definition) is 4. The van der Waals surface area contributed by atoms with Gasteiger partial charge in [-0.2, -0.15) is 0 Å². The summed E-state index contributed by atoms with van der Waals surface area (Å²) in [6, 6.07) is 46.9. The molecule has 246 valence electrons. The van der Waals surface area contributed by atoms with Crippen LogP contribution in [-0.4, -0.2) is 35.6 Å². The Kier molecular flexibility index (Phi) is 8.85. The fourth-order valence-corrected chi connectivity index (χ4v) is 7.57. The first-order valence-electron chi connectivity index (χ1n) is 17.0. The van der Waals surface area contributed by atoms with Gasteiger partial charge in [-0.25, -0.2) is 0 Å². The van der Waals surface area contributed by atoms with Crippen molar-refractivity contribution in [2.75, 3.05) is 13.2 Å². The van der Waals surface area contributed by atoms with Crippen molar-refractivity contribution >= 4 is 0 Å². The molecule has 0 radical (unpaired) electrons. The first-order valence-corrected chi connectivity index (χ1v) is 17.0. The first-order chi connectivity index (χ1) is 23.8. The van der Waals surface area contributed by atoms with Crippen LogP contribution in [0.3, 0.4) is 0 Å². The minimum Gasteiger partial charge on any atom is -0.490 e. The zero-order chi connectivity index (χ0) is 34.1. The molecule has 0 saturated heterocycles. The van der Waals surface area contributed by atoms with Crippen LogP contribution in [0, 0.1) is 13.8 Å². The van der Waals surface area contributed by atoms with E-state index in [9.17, 15) is 10.2 Å². The third-order valence-corrected chi connectivity index (χ3v) is 9.60. The van der Waals surface area contributed by atoms with Crippen molar-refractivity contribution in [3.63, 3.8) is 0 Å². The Bertz CT molecular complexity index is 1970. The van der Waals surface area contributed by atoms with Crippen LogP contribution in [-0.2, 0) is 5.41 Å². The van der Waals surface area contributed by atoms with E-state index in [1.807, 2.05) is 12.1 Å². The van der Waals surface area contributed by atoms with Gasteiger partial charge in [0.1, 0.15) is 24.7 Å². The molecule has 1 aliphatic carbocycles. The van der Waals surface area contributed by atoms with Gasteiger partial charge in [-0.1, -0.05) is 121 Å². The van der Waals surface area contributed by atoms with Gasteiger partial charge in [0.25, 0.3) is 0 Å². The normalized spacial score (nSPS) is 14.1. The van der Waals surface area contributed by atoms with Crippen LogP contribution in [0.4, 0.5) is 0 Å². The average molecular weight is 647 g/mol. The monoisotopic (exact) mass is 646 g/mol. The van der Waals surface area contributed by atoms with Gasteiger partial charge in [-0.3, -0.25) is 0 Å². The summed E-state index contributed by atoms with van der Waals surface area (Å²) < 4.78 is 13.0. The van der Waals surface area contributed by atoms with Crippen molar-refractivity contribution in [2.45, 2.75) is 45.3 Å². The van der Waals surface area contributed by atoms with Crippen molar-refractivity contribution in [3.05, 3.63) is 167 Å². The highest BCUT2D eigenvalue weighted by Gasteiger charge is 2.49. The van der Waals surface area contributed by atoms with Crippen molar-refractivity contribution in [3.8, 4) is 44.9 Å². The van der Waals surface area contributed by atoms with E-state index in [1.165, 1.54) is 22.3 Å². The molecular formula is C45H42O4. The topological polar surface area (TPSA) is 58.9 Å². The second-order valence-corrected chi connectivity index (χ2v) is 13.1. The van der Waals surface area contributed by atoms with E-state index >= 15 is 0 Å². The molecule has 1 aliphatic rings. The molecule has 49 heavy (non-hydrogen) atoms. The molecule has 2 atom stereocenters. The summed E-state index contributed by atoms with van der Waals surface area (Å²) in [6.07, 6.45) is -1.27. The van der Waals surface area contributed by atoms with Crippen LogP contribution in [0.15, 0.2) is 133 Å². The summed E-state index contributed by atoms with van der Waals surface area (Å²) in [5.41, 5.74) is 12.4. The summed E-state index contributed by atoms with van der Waals surface area (Å²) >= 11 is 0. The standard InChI is InChI=1S/C45H42O4/c1-29-15-5-7-17-33(29)43-39(23-13-25-41(43)48-27-31(3)46)45(37-21-11-9-19-35(37)36-20-10-12-22-38(36)45)40-24-14-26-42(49-28-32(4)47)44(40)34-18-8-6-16-30(34)2/h5-26,31-32,46-47H,27-28H2,1-4H3. The molecule has 7 rings (SSSR count). The molecule has 0 aromatic heterocycles. The number of hydrogen-bond donors (Lipinski definition) is 2. The van der Waals surface area contributed by atoms with Gasteiger partial charge >= 0.3 is 0 Å². The summed E-state index contributed by atoms with van der Waals surface area (Å²) in [5, 5.41) is 20.7. The van der Waals surface area contributed by atoms with Crippen molar-refractivity contribution in [1.82, 2.24) is 0 Å². The number of aliphatic hydroxyl groups excluding tert-OH is 2. The predicted molar refractivity (Wildman–Crippen MR) is 198 cm³/mol. The van der Waals surface area contributed by atoms with Crippen LogP contribution in [0.1, 0.15) is 47.2 Å². The van der Waals surface area contributed by atoms with Crippen LogP contribution < -0.4 is 9.47 Å². The van der Waals surface area contributed by atoms with E-state index in [-0.39, 0.29) is 13.2 Å². The maximum absolute atomic E-state index is 10.4. The van der Waals surface area contributed by atoms with Gasteiger partial charge in [0.15, 0.2) is 0 Å². The Morgan fingerprint density at radius 3 is 1.18 bits per heavy atom. The molecule has 0 spiro atoms. The van der Waals surface area contributed by atoms with Crippen LogP contribution in [0.2, 0.25) is 0 Å². The van der Waals surface area contributed by atoms with Crippen molar-refractivity contribution < 1.29 is 19.7 Å². The fraction of sp³-hybridized carbons (Fsp3) is 0.200. The molecule has 0 amide bonds. The number of fused-ring (bicyclic) bond motifs is 3. The largest absolute Gasteiger partial charge is 0.490 e. The second-order valence-electron chi connectivity index (χ2n) is 13.1. The number of benzene rings is 6. The Labute approximate surface area is 289 Å². The lowest BCUT2D eigenvalue weighted by molar-refractivity contribution is 0.123. The molecule has 6 aromatic rings. The lowest BCUT2D eigenvalue weighted by Gasteiger charge is -2.38. The molecule has 4 nitrogen and oxygen atoms in total. The molecule has 4 heteroatoms.